The molecule has 5 heterocycles. The van der Waals surface area contributed by atoms with Gasteiger partial charge in [-0.05, 0) is 64.0 Å². The molecule has 33 heavy (non-hydrogen) atoms. The summed E-state index contributed by atoms with van der Waals surface area (Å²) in [5, 5.41) is 25.3. The summed E-state index contributed by atoms with van der Waals surface area (Å²) in [4.78, 5) is 8.60. The fourth-order valence-electron chi connectivity index (χ4n) is 4.38. The minimum atomic E-state index is -0.385. The Kier molecular flexibility index (Phi) is 5.48. The van der Waals surface area contributed by atoms with Crippen molar-refractivity contribution in [3.63, 3.8) is 0 Å². The summed E-state index contributed by atoms with van der Waals surface area (Å²) in [5.74, 6) is 0.287. The fraction of sp³-hybridized carbons (Fsp3) is 0.348. The van der Waals surface area contributed by atoms with Crippen LogP contribution in [0.15, 0.2) is 36.7 Å². The van der Waals surface area contributed by atoms with Gasteiger partial charge in [0.2, 0.25) is 0 Å². The van der Waals surface area contributed by atoms with Gasteiger partial charge in [-0.15, -0.1) is 5.10 Å². The highest BCUT2D eigenvalue weighted by molar-refractivity contribution is 5.71. The van der Waals surface area contributed by atoms with E-state index >= 15 is 0 Å². The number of piperidine rings is 1. The summed E-state index contributed by atoms with van der Waals surface area (Å²) < 4.78 is 17.1. The van der Waals surface area contributed by atoms with E-state index in [1.807, 2.05) is 30.7 Å². The first-order valence-electron chi connectivity index (χ1n) is 11.0. The first-order chi connectivity index (χ1) is 16.0. The number of hydrogen-bond donors (Lipinski definition) is 2. The van der Waals surface area contributed by atoms with E-state index in [9.17, 15) is 9.65 Å². The van der Waals surface area contributed by atoms with Crippen LogP contribution in [-0.2, 0) is 0 Å². The van der Waals surface area contributed by atoms with Gasteiger partial charge in [0, 0.05) is 5.56 Å². The summed E-state index contributed by atoms with van der Waals surface area (Å²) in [5.41, 5.74) is 4.36. The lowest BCUT2D eigenvalue weighted by molar-refractivity contribution is 0.333. The second kappa shape index (κ2) is 8.60. The summed E-state index contributed by atoms with van der Waals surface area (Å²) in [6.07, 6.45) is 4.77. The van der Waals surface area contributed by atoms with Crippen LogP contribution in [0.5, 0.6) is 0 Å². The highest BCUT2D eigenvalue weighted by atomic mass is 19.1. The number of nitriles is 1. The molecular formula is C23H24FN9. The average molecular weight is 446 g/mol. The van der Waals surface area contributed by atoms with Gasteiger partial charge in [0.15, 0.2) is 0 Å². The third-order valence-corrected chi connectivity index (χ3v) is 6.14. The molecule has 1 fully saturated rings. The lowest BCUT2D eigenvalue weighted by Crippen LogP contribution is -2.30. The van der Waals surface area contributed by atoms with Crippen LogP contribution in [0.1, 0.15) is 48.9 Å². The van der Waals surface area contributed by atoms with Gasteiger partial charge >= 0.3 is 0 Å². The molecule has 1 aliphatic rings. The predicted octanol–water partition coefficient (Wildman–Crippen LogP) is 3.40. The van der Waals surface area contributed by atoms with Crippen LogP contribution in [0.2, 0.25) is 0 Å². The van der Waals surface area contributed by atoms with Crippen molar-refractivity contribution in [1.29, 1.82) is 5.26 Å². The van der Waals surface area contributed by atoms with Gasteiger partial charge in [-0.3, -0.25) is 9.38 Å². The largest absolute Gasteiger partial charge is 0.363 e. The van der Waals surface area contributed by atoms with E-state index in [2.05, 4.69) is 37.0 Å². The standard InChI is InChI=1S/C23H24FN9/c1-14(20-4-3-17(24)12-27-20)29-22-10-16(9-21-28-13-19(11-25)32(21)22)23-15(2)33(31-30-23)18-5-7-26-8-6-18/h3-4,9-10,12-14,18,26,29H,5-8H2,1-2H3/t14-/m1/s1. The van der Waals surface area contributed by atoms with Crippen molar-refractivity contribution in [1.82, 2.24) is 34.7 Å². The third-order valence-electron chi connectivity index (χ3n) is 6.14. The van der Waals surface area contributed by atoms with E-state index in [-0.39, 0.29) is 11.9 Å². The van der Waals surface area contributed by atoms with E-state index in [1.54, 1.807) is 16.7 Å². The molecule has 1 aliphatic heterocycles. The highest BCUT2D eigenvalue weighted by Gasteiger charge is 2.22. The first kappa shape index (κ1) is 21.0. The SMILES string of the molecule is Cc1c(-c2cc(N[C@H](C)c3ccc(F)cn3)n3c(C#N)cnc3c2)nnn1C1CCNCC1. The molecular weight excluding hydrogens is 421 g/mol. The van der Waals surface area contributed by atoms with E-state index in [4.69, 9.17) is 0 Å². The first-order valence-corrected chi connectivity index (χ1v) is 11.0. The summed E-state index contributed by atoms with van der Waals surface area (Å²) in [7, 11) is 0. The number of imidazole rings is 1. The Morgan fingerprint density at radius 2 is 2.03 bits per heavy atom. The molecule has 0 spiro atoms. The normalized spacial score (nSPS) is 15.5. The third kappa shape index (κ3) is 3.91. The Balaban J connectivity index is 1.55. The topological polar surface area (TPSA) is 109 Å². The van der Waals surface area contributed by atoms with Gasteiger partial charge in [0.05, 0.1) is 35.9 Å². The number of halogens is 1. The molecule has 0 saturated carbocycles. The van der Waals surface area contributed by atoms with Crippen LogP contribution in [0.4, 0.5) is 10.2 Å². The van der Waals surface area contributed by atoms with Crippen molar-refractivity contribution in [2.75, 3.05) is 18.4 Å². The Labute approximate surface area is 190 Å². The van der Waals surface area contributed by atoms with Gasteiger partial charge in [0.25, 0.3) is 0 Å². The van der Waals surface area contributed by atoms with Crippen LogP contribution < -0.4 is 10.6 Å². The fourth-order valence-corrected chi connectivity index (χ4v) is 4.38. The van der Waals surface area contributed by atoms with Gasteiger partial charge < -0.3 is 10.6 Å². The lowest BCUT2D eigenvalue weighted by atomic mass is 10.1. The Morgan fingerprint density at radius 3 is 2.76 bits per heavy atom. The van der Waals surface area contributed by atoms with Crippen LogP contribution in [0, 0.1) is 24.1 Å². The number of aromatic nitrogens is 6. The molecule has 0 radical (unpaired) electrons. The molecule has 1 saturated heterocycles. The van der Waals surface area contributed by atoms with Crippen molar-refractivity contribution in [3.05, 3.63) is 59.6 Å². The predicted molar refractivity (Wildman–Crippen MR) is 121 cm³/mol. The maximum absolute atomic E-state index is 13.3. The average Bonchev–Trinajstić information content (AvgIpc) is 3.43. The Morgan fingerprint density at radius 1 is 1.21 bits per heavy atom. The molecule has 0 aliphatic carbocycles. The molecule has 10 heteroatoms. The van der Waals surface area contributed by atoms with Crippen molar-refractivity contribution < 1.29 is 4.39 Å². The molecule has 168 valence electrons. The van der Waals surface area contributed by atoms with Crippen molar-refractivity contribution in [2.45, 2.75) is 38.8 Å². The molecule has 2 N–H and O–H groups in total. The summed E-state index contributed by atoms with van der Waals surface area (Å²) in [6.45, 7) is 5.91. The molecule has 0 bridgehead atoms. The number of fused-ring (bicyclic) bond motifs is 1. The molecule has 0 unspecified atom stereocenters. The second-order valence-corrected chi connectivity index (χ2v) is 8.29. The number of anilines is 1. The summed E-state index contributed by atoms with van der Waals surface area (Å²) >= 11 is 0. The summed E-state index contributed by atoms with van der Waals surface area (Å²) in [6, 6.07) is 9.16. The molecule has 5 rings (SSSR count). The van der Waals surface area contributed by atoms with E-state index in [0.29, 0.717) is 28.9 Å². The quantitative estimate of drug-likeness (QED) is 0.485. The number of nitrogens with one attached hydrogen (secondary N) is 2. The van der Waals surface area contributed by atoms with Gasteiger partial charge in [-0.1, -0.05) is 5.21 Å². The van der Waals surface area contributed by atoms with Gasteiger partial charge in [-0.2, -0.15) is 5.26 Å². The van der Waals surface area contributed by atoms with Crippen LogP contribution >= 0.6 is 0 Å². The second-order valence-electron chi connectivity index (χ2n) is 8.29. The Bertz CT molecular complexity index is 1330. The number of rotatable bonds is 5. The van der Waals surface area contributed by atoms with Gasteiger partial charge in [0.1, 0.15) is 34.7 Å². The van der Waals surface area contributed by atoms with Crippen molar-refractivity contribution in [2.24, 2.45) is 0 Å². The minimum Gasteiger partial charge on any atom is -0.363 e. The van der Waals surface area contributed by atoms with Crippen LogP contribution in [-0.4, -0.2) is 42.5 Å². The zero-order chi connectivity index (χ0) is 22.9. The van der Waals surface area contributed by atoms with E-state index in [1.165, 1.54) is 12.3 Å². The minimum absolute atomic E-state index is 0.232. The number of hydrogen-bond acceptors (Lipinski definition) is 7. The zero-order valence-electron chi connectivity index (χ0n) is 18.5. The van der Waals surface area contributed by atoms with Crippen LogP contribution in [0.25, 0.3) is 16.9 Å². The molecule has 4 aromatic rings. The number of pyridine rings is 2. The number of nitrogens with zero attached hydrogens (tertiary/aromatic N) is 7. The van der Waals surface area contributed by atoms with Crippen LogP contribution in [0.3, 0.4) is 0 Å². The molecule has 0 aromatic carbocycles. The molecule has 9 nitrogen and oxygen atoms in total. The molecule has 4 aromatic heterocycles. The highest BCUT2D eigenvalue weighted by Crippen LogP contribution is 2.30. The van der Waals surface area contributed by atoms with E-state index < -0.39 is 0 Å². The van der Waals surface area contributed by atoms with E-state index in [0.717, 1.165) is 42.9 Å². The van der Waals surface area contributed by atoms with Crippen molar-refractivity contribution >= 4 is 11.5 Å². The maximum atomic E-state index is 13.3. The Hall–Kier alpha value is -3.84. The molecule has 1 atom stereocenters. The monoisotopic (exact) mass is 445 g/mol. The smallest absolute Gasteiger partial charge is 0.146 e. The van der Waals surface area contributed by atoms with Gasteiger partial charge in [-0.25, -0.2) is 14.1 Å². The molecule has 0 amide bonds. The lowest BCUT2D eigenvalue weighted by Gasteiger charge is -2.23. The zero-order valence-corrected chi connectivity index (χ0v) is 18.5. The van der Waals surface area contributed by atoms with Crippen molar-refractivity contribution in [3.8, 4) is 17.3 Å². The maximum Gasteiger partial charge on any atom is 0.146 e.